The van der Waals surface area contributed by atoms with Gasteiger partial charge in [-0.25, -0.2) is 4.98 Å². The third-order valence-corrected chi connectivity index (χ3v) is 5.43. The van der Waals surface area contributed by atoms with E-state index in [-0.39, 0.29) is 17.6 Å². The highest BCUT2D eigenvalue weighted by Crippen LogP contribution is 2.25. The average molecular weight is 396 g/mol. The van der Waals surface area contributed by atoms with Gasteiger partial charge in [0, 0.05) is 36.1 Å². The number of benzene rings is 1. The molecule has 3 heterocycles. The zero-order valence-corrected chi connectivity index (χ0v) is 16.5. The van der Waals surface area contributed by atoms with E-state index in [9.17, 15) is 9.59 Å². The van der Waals surface area contributed by atoms with Crippen LogP contribution in [-0.4, -0.2) is 43.7 Å². The normalized spacial score (nSPS) is 14.1. The molecule has 0 atom stereocenters. The molecule has 1 aromatic carbocycles. The fraction of sp³-hybridized carbons (Fsp3) is 0.316. The summed E-state index contributed by atoms with van der Waals surface area (Å²) >= 11 is 1.31. The molecule has 1 aliphatic rings. The summed E-state index contributed by atoms with van der Waals surface area (Å²) in [5, 5.41) is 11.8. The highest BCUT2D eigenvalue weighted by molar-refractivity contribution is 7.99. The van der Waals surface area contributed by atoms with E-state index < -0.39 is 0 Å². The molecule has 1 saturated heterocycles. The lowest BCUT2D eigenvalue weighted by atomic mass is 10.2. The van der Waals surface area contributed by atoms with Gasteiger partial charge in [0.15, 0.2) is 10.8 Å². The number of carbonyl (C=O) groups is 2. The van der Waals surface area contributed by atoms with E-state index in [0.29, 0.717) is 17.3 Å². The van der Waals surface area contributed by atoms with E-state index in [4.69, 9.17) is 0 Å². The first kappa shape index (κ1) is 18.4. The van der Waals surface area contributed by atoms with Crippen molar-refractivity contribution < 1.29 is 9.59 Å². The summed E-state index contributed by atoms with van der Waals surface area (Å²) in [5.41, 5.74) is 3.08. The molecule has 0 saturated carbocycles. The van der Waals surface area contributed by atoms with E-state index in [1.807, 2.05) is 48.6 Å². The van der Waals surface area contributed by atoms with Crippen LogP contribution in [-0.2, 0) is 9.59 Å². The molecule has 0 unspecified atom stereocenters. The van der Waals surface area contributed by atoms with Gasteiger partial charge in [-0.2, -0.15) is 0 Å². The van der Waals surface area contributed by atoms with Gasteiger partial charge in [-0.05, 0) is 38.5 Å². The zero-order valence-electron chi connectivity index (χ0n) is 15.7. The van der Waals surface area contributed by atoms with Gasteiger partial charge in [0.05, 0.1) is 5.75 Å². The third-order valence-electron chi connectivity index (χ3n) is 4.51. The zero-order chi connectivity index (χ0) is 19.7. The largest absolute Gasteiger partial charge is 0.325 e. The Bertz CT molecular complexity index is 1060. The van der Waals surface area contributed by atoms with Crippen LogP contribution in [0, 0.1) is 13.8 Å². The lowest BCUT2D eigenvalue weighted by molar-refractivity contribution is -0.117. The molecule has 3 aromatic rings. The van der Waals surface area contributed by atoms with E-state index in [1.54, 1.807) is 4.90 Å². The van der Waals surface area contributed by atoms with Crippen LogP contribution >= 0.6 is 11.8 Å². The molecule has 2 amide bonds. The second kappa shape index (κ2) is 7.59. The first-order chi connectivity index (χ1) is 13.5. The maximum absolute atomic E-state index is 12.4. The number of nitrogens with one attached hydrogen (secondary N) is 1. The average Bonchev–Trinajstić information content (AvgIpc) is 3.26. The van der Waals surface area contributed by atoms with Crippen molar-refractivity contribution in [2.75, 3.05) is 22.5 Å². The summed E-state index contributed by atoms with van der Waals surface area (Å²) in [6, 6.07) is 9.22. The Morgan fingerprint density at radius 3 is 2.89 bits per heavy atom. The smallest absolute Gasteiger partial charge is 0.234 e. The van der Waals surface area contributed by atoms with Crippen LogP contribution in [0.25, 0.3) is 5.65 Å². The molecule has 1 aliphatic heterocycles. The third kappa shape index (κ3) is 3.70. The number of aromatic nitrogens is 4. The lowest BCUT2D eigenvalue weighted by Crippen LogP contribution is -2.23. The number of hydrogen-bond acceptors (Lipinski definition) is 6. The molecule has 0 radical (unpaired) electrons. The van der Waals surface area contributed by atoms with Crippen LogP contribution in [0.4, 0.5) is 11.4 Å². The number of nitrogens with zero attached hydrogens (tertiary/aromatic N) is 5. The SMILES string of the molecule is Cc1cc2nnc(SCC(=O)Nc3cccc(N4CCCC4=O)c3)n2c(C)n1. The Morgan fingerprint density at radius 2 is 2.11 bits per heavy atom. The molecule has 4 rings (SSSR count). The summed E-state index contributed by atoms with van der Waals surface area (Å²) in [6.07, 6.45) is 1.44. The molecule has 0 spiro atoms. The van der Waals surface area contributed by atoms with Crippen LogP contribution in [0.5, 0.6) is 0 Å². The predicted octanol–water partition coefficient (Wildman–Crippen LogP) is 2.60. The maximum Gasteiger partial charge on any atom is 0.234 e. The summed E-state index contributed by atoms with van der Waals surface area (Å²) in [6.45, 7) is 4.52. The number of anilines is 2. The Kier molecular flexibility index (Phi) is 4.99. The van der Waals surface area contributed by atoms with Crippen molar-refractivity contribution in [1.29, 1.82) is 0 Å². The quantitative estimate of drug-likeness (QED) is 0.667. The lowest BCUT2D eigenvalue weighted by Gasteiger charge is -2.16. The van der Waals surface area contributed by atoms with Crippen molar-refractivity contribution in [2.45, 2.75) is 31.8 Å². The molecule has 2 aromatic heterocycles. The Morgan fingerprint density at radius 1 is 1.25 bits per heavy atom. The van der Waals surface area contributed by atoms with Crippen molar-refractivity contribution in [3.05, 3.63) is 41.9 Å². The second-order valence-corrected chi connectivity index (χ2v) is 7.60. The van der Waals surface area contributed by atoms with Gasteiger partial charge >= 0.3 is 0 Å². The van der Waals surface area contributed by atoms with E-state index in [0.717, 1.165) is 35.8 Å². The van der Waals surface area contributed by atoms with E-state index >= 15 is 0 Å². The molecule has 9 heteroatoms. The van der Waals surface area contributed by atoms with E-state index in [1.165, 1.54) is 11.8 Å². The van der Waals surface area contributed by atoms with Crippen molar-refractivity contribution in [2.24, 2.45) is 0 Å². The van der Waals surface area contributed by atoms with Crippen LogP contribution in [0.3, 0.4) is 0 Å². The minimum atomic E-state index is -0.149. The molecule has 0 aliphatic carbocycles. The van der Waals surface area contributed by atoms with Crippen LogP contribution in [0.15, 0.2) is 35.5 Å². The minimum Gasteiger partial charge on any atom is -0.325 e. The number of carbonyl (C=O) groups excluding carboxylic acids is 2. The molecular weight excluding hydrogens is 376 g/mol. The van der Waals surface area contributed by atoms with Crippen molar-refractivity contribution in [1.82, 2.24) is 19.6 Å². The standard InChI is InChI=1S/C19H20N6O2S/c1-12-9-16-22-23-19(25(16)13(2)20-12)28-11-17(26)21-14-5-3-6-15(10-14)24-8-4-7-18(24)27/h3,5-6,9-10H,4,7-8,11H2,1-2H3,(H,21,26). The molecule has 0 bridgehead atoms. The van der Waals surface area contributed by atoms with Crippen LogP contribution in [0.1, 0.15) is 24.4 Å². The fourth-order valence-corrected chi connectivity index (χ4v) is 4.08. The minimum absolute atomic E-state index is 0.122. The van der Waals surface area contributed by atoms with Crippen molar-refractivity contribution >= 4 is 40.6 Å². The van der Waals surface area contributed by atoms with E-state index in [2.05, 4.69) is 20.5 Å². The Balaban J connectivity index is 1.42. The highest BCUT2D eigenvalue weighted by Gasteiger charge is 2.21. The van der Waals surface area contributed by atoms with Gasteiger partial charge in [0.1, 0.15) is 5.82 Å². The number of fused-ring (bicyclic) bond motifs is 1. The topological polar surface area (TPSA) is 92.5 Å². The Labute approximate surface area is 166 Å². The van der Waals surface area contributed by atoms with Gasteiger partial charge in [0.25, 0.3) is 0 Å². The molecule has 28 heavy (non-hydrogen) atoms. The summed E-state index contributed by atoms with van der Waals surface area (Å²) < 4.78 is 1.84. The molecule has 8 nitrogen and oxygen atoms in total. The maximum atomic E-state index is 12.4. The monoisotopic (exact) mass is 396 g/mol. The number of aryl methyl sites for hydroxylation is 2. The van der Waals surface area contributed by atoms with Crippen LogP contribution < -0.4 is 10.2 Å². The number of rotatable bonds is 5. The van der Waals surface area contributed by atoms with Gasteiger partial charge in [-0.1, -0.05) is 17.8 Å². The summed E-state index contributed by atoms with van der Waals surface area (Å²) in [7, 11) is 0. The number of amides is 2. The molecule has 1 N–H and O–H groups in total. The number of hydrogen-bond donors (Lipinski definition) is 1. The van der Waals surface area contributed by atoms with Crippen molar-refractivity contribution in [3.8, 4) is 0 Å². The summed E-state index contributed by atoms with van der Waals surface area (Å²) in [5.74, 6) is 0.952. The second-order valence-electron chi connectivity index (χ2n) is 6.66. The van der Waals surface area contributed by atoms with Crippen molar-refractivity contribution in [3.63, 3.8) is 0 Å². The number of thioether (sulfide) groups is 1. The van der Waals surface area contributed by atoms with Gasteiger partial charge in [-0.3, -0.25) is 14.0 Å². The predicted molar refractivity (Wildman–Crippen MR) is 108 cm³/mol. The molecular formula is C19H20N6O2S. The van der Waals surface area contributed by atoms with Gasteiger partial charge in [0.2, 0.25) is 11.8 Å². The first-order valence-corrected chi connectivity index (χ1v) is 10.0. The first-order valence-electron chi connectivity index (χ1n) is 9.04. The van der Waals surface area contributed by atoms with Gasteiger partial charge in [-0.15, -0.1) is 10.2 Å². The van der Waals surface area contributed by atoms with Crippen LogP contribution in [0.2, 0.25) is 0 Å². The fourth-order valence-electron chi connectivity index (χ4n) is 3.30. The Hall–Kier alpha value is -2.94. The molecule has 1 fully saturated rings. The summed E-state index contributed by atoms with van der Waals surface area (Å²) in [4.78, 5) is 30.5. The molecule has 144 valence electrons. The highest BCUT2D eigenvalue weighted by atomic mass is 32.2. The van der Waals surface area contributed by atoms with Gasteiger partial charge < -0.3 is 10.2 Å².